The van der Waals surface area contributed by atoms with E-state index in [1.165, 1.54) is 5.56 Å². The summed E-state index contributed by atoms with van der Waals surface area (Å²) < 4.78 is 6.18. The van der Waals surface area contributed by atoms with E-state index in [0.29, 0.717) is 11.1 Å². The Hall–Kier alpha value is -1.58. The number of rotatable bonds is 4. The number of hydrogen-bond acceptors (Lipinski definition) is 3. The second-order valence-electron chi connectivity index (χ2n) is 5.02. The number of ether oxygens (including phenoxy) is 1. The van der Waals surface area contributed by atoms with E-state index in [9.17, 15) is 0 Å². The van der Waals surface area contributed by atoms with Crippen LogP contribution in [0.5, 0.6) is 5.75 Å². The smallest absolute Gasteiger partial charge is 0.138 e. The molecule has 3 rings (SSSR count). The highest BCUT2D eigenvalue weighted by molar-refractivity contribution is 6.29. The Morgan fingerprint density at radius 3 is 2.70 bits per heavy atom. The zero-order valence-corrected chi connectivity index (χ0v) is 11.9. The van der Waals surface area contributed by atoms with Crippen LogP contribution < -0.4 is 10.1 Å². The number of halogens is 1. The summed E-state index contributed by atoms with van der Waals surface area (Å²) in [6.07, 6.45) is 2.86. The lowest BCUT2D eigenvalue weighted by Crippen LogP contribution is -2.21. The van der Waals surface area contributed by atoms with E-state index >= 15 is 0 Å². The van der Waals surface area contributed by atoms with Gasteiger partial charge in [-0.15, -0.1) is 0 Å². The van der Waals surface area contributed by atoms with Crippen molar-refractivity contribution in [2.75, 3.05) is 13.1 Å². The molecule has 0 saturated carbocycles. The van der Waals surface area contributed by atoms with Crippen LogP contribution in [0.2, 0.25) is 5.15 Å². The summed E-state index contributed by atoms with van der Waals surface area (Å²) in [7, 11) is 0. The molecule has 4 heteroatoms. The highest BCUT2D eigenvalue weighted by Gasteiger charge is 2.27. The van der Waals surface area contributed by atoms with Crippen LogP contribution in [0, 0.1) is 5.92 Å². The first-order chi connectivity index (χ1) is 9.83. The molecule has 1 saturated heterocycles. The van der Waals surface area contributed by atoms with Crippen molar-refractivity contribution < 1.29 is 4.74 Å². The van der Waals surface area contributed by atoms with Gasteiger partial charge in [-0.2, -0.15) is 0 Å². The predicted octanol–water partition coefficient (Wildman–Crippen LogP) is 3.46. The lowest BCUT2D eigenvalue weighted by Gasteiger charge is -2.24. The normalized spacial score (nSPS) is 19.8. The van der Waals surface area contributed by atoms with Crippen LogP contribution in [0.1, 0.15) is 18.1 Å². The molecule has 0 radical (unpaired) electrons. The van der Waals surface area contributed by atoms with E-state index in [4.69, 9.17) is 16.3 Å². The van der Waals surface area contributed by atoms with Crippen LogP contribution in [0.25, 0.3) is 0 Å². The van der Waals surface area contributed by atoms with Crippen LogP contribution in [-0.2, 0) is 0 Å². The summed E-state index contributed by atoms with van der Waals surface area (Å²) >= 11 is 5.82. The number of nitrogens with zero attached hydrogens (tertiary/aromatic N) is 1. The molecular weight excluding hydrogens is 272 g/mol. The van der Waals surface area contributed by atoms with Crippen molar-refractivity contribution in [3.8, 4) is 5.75 Å². The zero-order chi connectivity index (χ0) is 13.8. The minimum Gasteiger partial charge on any atom is -0.484 e. The molecule has 1 N–H and O–H groups in total. The molecule has 2 heterocycles. The average molecular weight is 289 g/mol. The Morgan fingerprint density at radius 1 is 1.20 bits per heavy atom. The Balaban J connectivity index is 1.83. The summed E-state index contributed by atoms with van der Waals surface area (Å²) in [5.74, 6) is 1.24. The van der Waals surface area contributed by atoms with Gasteiger partial charge in [-0.1, -0.05) is 41.9 Å². The summed E-state index contributed by atoms with van der Waals surface area (Å²) in [6, 6.07) is 14.0. The zero-order valence-electron chi connectivity index (χ0n) is 11.1. The van der Waals surface area contributed by atoms with Gasteiger partial charge in [0.2, 0.25) is 0 Å². The van der Waals surface area contributed by atoms with Gasteiger partial charge < -0.3 is 10.1 Å². The molecule has 2 atom stereocenters. The van der Waals surface area contributed by atoms with E-state index in [2.05, 4.69) is 22.4 Å². The number of benzene rings is 1. The number of pyridine rings is 1. The van der Waals surface area contributed by atoms with Crippen LogP contribution in [0.15, 0.2) is 48.7 Å². The van der Waals surface area contributed by atoms with Gasteiger partial charge in [-0.3, -0.25) is 0 Å². The molecule has 1 aromatic carbocycles. The first-order valence-corrected chi connectivity index (χ1v) is 7.24. The summed E-state index contributed by atoms with van der Waals surface area (Å²) in [4.78, 5) is 4.08. The fourth-order valence-electron chi connectivity index (χ4n) is 2.59. The second kappa shape index (κ2) is 6.25. The third kappa shape index (κ3) is 3.11. The quantitative estimate of drug-likeness (QED) is 0.875. The standard InChI is InChI=1S/C16H17ClN2O/c17-15-7-6-14(11-19-15)20-16(13-8-9-18-10-13)12-4-2-1-3-5-12/h1-7,11,13,16,18H,8-10H2/t13-,16-/m1/s1. The minimum absolute atomic E-state index is 0.0502. The molecule has 2 aromatic rings. The lowest BCUT2D eigenvalue weighted by atomic mass is 9.95. The summed E-state index contributed by atoms with van der Waals surface area (Å²) in [5, 5.41) is 3.88. The van der Waals surface area contributed by atoms with Gasteiger partial charge in [0.25, 0.3) is 0 Å². The van der Waals surface area contributed by atoms with Crippen molar-refractivity contribution in [3.63, 3.8) is 0 Å². The van der Waals surface area contributed by atoms with E-state index in [1.54, 1.807) is 12.3 Å². The maximum atomic E-state index is 6.18. The van der Waals surface area contributed by atoms with E-state index in [0.717, 1.165) is 25.3 Å². The largest absolute Gasteiger partial charge is 0.484 e. The van der Waals surface area contributed by atoms with Crippen molar-refractivity contribution in [1.82, 2.24) is 10.3 Å². The Morgan fingerprint density at radius 2 is 2.05 bits per heavy atom. The molecule has 20 heavy (non-hydrogen) atoms. The minimum atomic E-state index is 0.0502. The van der Waals surface area contributed by atoms with Gasteiger partial charge >= 0.3 is 0 Å². The van der Waals surface area contributed by atoms with Crippen molar-refractivity contribution in [3.05, 3.63) is 59.4 Å². The topological polar surface area (TPSA) is 34.1 Å². The lowest BCUT2D eigenvalue weighted by molar-refractivity contribution is 0.144. The van der Waals surface area contributed by atoms with Gasteiger partial charge in [-0.05, 0) is 30.7 Å². The Bertz CT molecular complexity index is 538. The molecule has 0 aliphatic carbocycles. The third-order valence-corrected chi connectivity index (χ3v) is 3.84. The molecule has 1 aromatic heterocycles. The summed E-state index contributed by atoms with van der Waals surface area (Å²) in [6.45, 7) is 2.04. The number of aromatic nitrogens is 1. The molecule has 1 aliphatic heterocycles. The van der Waals surface area contributed by atoms with E-state index in [-0.39, 0.29) is 6.10 Å². The van der Waals surface area contributed by atoms with Crippen LogP contribution >= 0.6 is 11.6 Å². The van der Waals surface area contributed by atoms with Gasteiger partial charge in [0.1, 0.15) is 17.0 Å². The maximum Gasteiger partial charge on any atom is 0.138 e. The fraction of sp³-hybridized carbons (Fsp3) is 0.312. The van der Waals surface area contributed by atoms with Crippen molar-refractivity contribution >= 4 is 11.6 Å². The molecule has 104 valence electrons. The number of nitrogens with one attached hydrogen (secondary N) is 1. The number of hydrogen-bond donors (Lipinski definition) is 1. The van der Waals surface area contributed by atoms with E-state index < -0.39 is 0 Å². The molecule has 0 amide bonds. The predicted molar refractivity (Wildman–Crippen MR) is 80.0 cm³/mol. The van der Waals surface area contributed by atoms with Gasteiger partial charge in [-0.25, -0.2) is 4.98 Å². The molecule has 0 unspecified atom stereocenters. The van der Waals surface area contributed by atoms with E-state index in [1.807, 2.05) is 24.3 Å². The molecular formula is C16H17ClN2O. The highest BCUT2D eigenvalue weighted by atomic mass is 35.5. The SMILES string of the molecule is Clc1ccc(O[C@H](c2ccccc2)[C@@H]2CCNC2)cn1. The van der Waals surface area contributed by atoms with Crippen molar-refractivity contribution in [1.29, 1.82) is 0 Å². The first kappa shape index (κ1) is 13.4. The fourth-order valence-corrected chi connectivity index (χ4v) is 2.70. The van der Waals surface area contributed by atoms with Crippen LogP contribution in [0.3, 0.4) is 0 Å². The van der Waals surface area contributed by atoms with Gasteiger partial charge in [0, 0.05) is 12.5 Å². The van der Waals surface area contributed by atoms with Gasteiger partial charge in [0.15, 0.2) is 0 Å². The Labute approximate surface area is 123 Å². The van der Waals surface area contributed by atoms with Crippen LogP contribution in [0.4, 0.5) is 0 Å². The summed E-state index contributed by atoms with van der Waals surface area (Å²) in [5.41, 5.74) is 1.20. The average Bonchev–Trinajstić information content (AvgIpc) is 3.01. The van der Waals surface area contributed by atoms with Crippen molar-refractivity contribution in [2.24, 2.45) is 5.92 Å². The second-order valence-corrected chi connectivity index (χ2v) is 5.41. The van der Waals surface area contributed by atoms with Crippen molar-refractivity contribution in [2.45, 2.75) is 12.5 Å². The third-order valence-electron chi connectivity index (χ3n) is 3.62. The molecule has 0 spiro atoms. The molecule has 1 aliphatic rings. The molecule has 0 bridgehead atoms. The molecule has 3 nitrogen and oxygen atoms in total. The molecule has 1 fully saturated rings. The van der Waals surface area contributed by atoms with Gasteiger partial charge in [0.05, 0.1) is 6.20 Å². The Kier molecular flexibility index (Phi) is 4.19. The monoisotopic (exact) mass is 288 g/mol. The maximum absolute atomic E-state index is 6.18. The van der Waals surface area contributed by atoms with Crippen LogP contribution in [-0.4, -0.2) is 18.1 Å². The highest BCUT2D eigenvalue weighted by Crippen LogP contribution is 2.31. The first-order valence-electron chi connectivity index (χ1n) is 6.87.